The summed E-state index contributed by atoms with van der Waals surface area (Å²) in [7, 11) is 0. The van der Waals surface area contributed by atoms with E-state index in [-0.39, 0.29) is 0 Å². The number of carboxylic acid groups (broad SMARTS) is 1. The maximum absolute atomic E-state index is 11.1. The first kappa shape index (κ1) is 27.6. The maximum atomic E-state index is 11.1. The predicted octanol–water partition coefficient (Wildman–Crippen LogP) is 5.30. The standard InChI is InChI=1S/C31H37NO6/c1-31(2)37-21-26-19-24(11-14-29(26)38-31)28(33)20-32-16-15-22-9-12-27(13-10-22)36-17-4-3-6-23-7-5-8-25(18-23)30(34)35/h5,7-14,18-19,28,32-33H,3-4,6,15-17,20-21H2,1-2H3,(H,34,35)/t28-/m1/s1. The summed E-state index contributed by atoms with van der Waals surface area (Å²) in [6, 6.07) is 21.0. The van der Waals surface area contributed by atoms with Gasteiger partial charge in [0, 0.05) is 26.0 Å². The minimum Gasteiger partial charge on any atom is -0.494 e. The van der Waals surface area contributed by atoms with E-state index < -0.39 is 17.9 Å². The number of carbonyl (C=O) groups is 1. The van der Waals surface area contributed by atoms with E-state index in [1.165, 1.54) is 5.56 Å². The molecule has 1 atom stereocenters. The third-order valence-corrected chi connectivity index (χ3v) is 6.55. The van der Waals surface area contributed by atoms with Crippen LogP contribution in [-0.4, -0.2) is 41.7 Å². The first-order chi connectivity index (χ1) is 18.3. The Balaban J connectivity index is 1.11. The second-order valence-corrected chi connectivity index (χ2v) is 10.1. The molecular formula is C31H37NO6. The van der Waals surface area contributed by atoms with Gasteiger partial charge in [-0.2, -0.15) is 0 Å². The molecule has 0 fully saturated rings. The molecule has 0 saturated carbocycles. The molecule has 0 aromatic heterocycles. The largest absolute Gasteiger partial charge is 0.494 e. The van der Waals surface area contributed by atoms with Crippen molar-refractivity contribution in [2.24, 2.45) is 0 Å². The van der Waals surface area contributed by atoms with Gasteiger partial charge in [-0.05, 0) is 85.3 Å². The average molecular weight is 520 g/mol. The summed E-state index contributed by atoms with van der Waals surface area (Å²) in [6.07, 6.45) is 2.91. The van der Waals surface area contributed by atoms with E-state index in [9.17, 15) is 9.90 Å². The van der Waals surface area contributed by atoms with Gasteiger partial charge in [-0.15, -0.1) is 0 Å². The van der Waals surface area contributed by atoms with Crippen molar-refractivity contribution < 1.29 is 29.2 Å². The molecule has 7 heteroatoms. The zero-order valence-corrected chi connectivity index (χ0v) is 22.1. The summed E-state index contributed by atoms with van der Waals surface area (Å²) in [6.45, 7) is 6.09. The van der Waals surface area contributed by atoms with E-state index in [4.69, 9.17) is 19.3 Å². The van der Waals surface area contributed by atoms with Crippen LogP contribution >= 0.6 is 0 Å². The Hall–Kier alpha value is -3.39. The number of aliphatic hydroxyl groups is 1. The highest BCUT2D eigenvalue weighted by Gasteiger charge is 2.27. The second-order valence-electron chi connectivity index (χ2n) is 10.1. The fraction of sp³-hybridized carbons (Fsp3) is 0.387. The lowest BCUT2D eigenvalue weighted by atomic mass is 10.0. The Bertz CT molecular complexity index is 1210. The lowest BCUT2D eigenvalue weighted by Gasteiger charge is -2.33. The number of carboxylic acids is 1. The molecule has 0 bridgehead atoms. The van der Waals surface area contributed by atoms with Crippen LogP contribution < -0.4 is 14.8 Å². The third-order valence-electron chi connectivity index (χ3n) is 6.55. The summed E-state index contributed by atoms with van der Waals surface area (Å²) in [5, 5.41) is 23.0. The lowest BCUT2D eigenvalue weighted by Crippen LogP contribution is -2.35. The van der Waals surface area contributed by atoms with Crippen LogP contribution in [0.4, 0.5) is 0 Å². The Kier molecular flexibility index (Phi) is 9.39. The SMILES string of the molecule is CC1(C)OCc2cc([C@H](O)CNCCc3ccc(OCCCCc4cccc(C(=O)O)c4)cc3)ccc2O1. The Morgan fingerprint density at radius 1 is 1.03 bits per heavy atom. The Labute approximate surface area is 224 Å². The molecule has 4 rings (SSSR count). The number of aryl methyl sites for hydroxylation is 1. The molecule has 0 unspecified atom stereocenters. The highest BCUT2D eigenvalue weighted by molar-refractivity contribution is 5.87. The van der Waals surface area contributed by atoms with E-state index in [0.29, 0.717) is 25.3 Å². The summed E-state index contributed by atoms with van der Waals surface area (Å²) >= 11 is 0. The van der Waals surface area contributed by atoms with Crippen molar-refractivity contribution >= 4 is 5.97 Å². The van der Waals surface area contributed by atoms with Crippen LogP contribution in [0, 0.1) is 0 Å². The summed E-state index contributed by atoms with van der Waals surface area (Å²) < 4.78 is 17.4. The number of nitrogens with one attached hydrogen (secondary N) is 1. The maximum Gasteiger partial charge on any atom is 0.335 e. The molecule has 0 radical (unpaired) electrons. The Morgan fingerprint density at radius 3 is 2.63 bits per heavy atom. The monoisotopic (exact) mass is 519 g/mol. The van der Waals surface area contributed by atoms with Gasteiger partial charge in [0.05, 0.1) is 24.9 Å². The average Bonchev–Trinajstić information content (AvgIpc) is 2.91. The van der Waals surface area contributed by atoms with Gasteiger partial charge < -0.3 is 29.7 Å². The van der Waals surface area contributed by atoms with E-state index in [0.717, 1.165) is 60.4 Å². The van der Waals surface area contributed by atoms with Crippen LogP contribution in [0.15, 0.2) is 66.7 Å². The topological polar surface area (TPSA) is 97.2 Å². The minimum atomic E-state index is -0.895. The van der Waals surface area contributed by atoms with Crippen molar-refractivity contribution in [3.05, 3.63) is 94.5 Å². The van der Waals surface area contributed by atoms with Crippen molar-refractivity contribution in [2.75, 3.05) is 19.7 Å². The molecular weight excluding hydrogens is 482 g/mol. The number of aromatic carboxylic acids is 1. The third kappa shape index (κ3) is 8.05. The number of benzene rings is 3. The van der Waals surface area contributed by atoms with E-state index in [1.807, 2.05) is 50.2 Å². The zero-order valence-electron chi connectivity index (χ0n) is 22.1. The number of fused-ring (bicyclic) bond motifs is 1. The molecule has 0 aliphatic carbocycles. The molecule has 0 spiro atoms. The van der Waals surface area contributed by atoms with E-state index in [2.05, 4.69) is 17.4 Å². The quantitative estimate of drug-likeness (QED) is 0.264. The number of unbranched alkanes of at least 4 members (excludes halogenated alkanes) is 1. The molecule has 3 N–H and O–H groups in total. The van der Waals surface area contributed by atoms with Crippen LogP contribution in [0.1, 0.15) is 65.4 Å². The zero-order chi connectivity index (χ0) is 27.0. The fourth-order valence-corrected chi connectivity index (χ4v) is 4.39. The molecule has 3 aromatic rings. The number of aliphatic hydroxyl groups excluding tert-OH is 1. The smallest absolute Gasteiger partial charge is 0.335 e. The summed E-state index contributed by atoms with van der Waals surface area (Å²) in [5.74, 6) is 0.126. The van der Waals surface area contributed by atoms with E-state index >= 15 is 0 Å². The van der Waals surface area contributed by atoms with Gasteiger partial charge in [-0.25, -0.2) is 4.79 Å². The first-order valence-corrected chi connectivity index (χ1v) is 13.2. The van der Waals surface area contributed by atoms with Gasteiger partial charge in [0.1, 0.15) is 11.5 Å². The number of ether oxygens (including phenoxy) is 3. The van der Waals surface area contributed by atoms with Crippen LogP contribution in [0.2, 0.25) is 0 Å². The predicted molar refractivity (Wildman–Crippen MR) is 146 cm³/mol. The molecule has 1 aliphatic rings. The second kappa shape index (κ2) is 12.9. The molecule has 202 valence electrons. The number of hydrogen-bond donors (Lipinski definition) is 3. The van der Waals surface area contributed by atoms with Crippen LogP contribution in [0.3, 0.4) is 0 Å². The first-order valence-electron chi connectivity index (χ1n) is 13.2. The highest BCUT2D eigenvalue weighted by atomic mass is 16.7. The molecule has 0 saturated heterocycles. The molecule has 38 heavy (non-hydrogen) atoms. The summed E-state index contributed by atoms with van der Waals surface area (Å²) in [5.41, 5.74) is 4.36. The van der Waals surface area contributed by atoms with E-state index in [1.54, 1.807) is 18.2 Å². The lowest BCUT2D eigenvalue weighted by molar-refractivity contribution is -0.180. The van der Waals surface area contributed by atoms with Gasteiger partial charge in [0.2, 0.25) is 5.79 Å². The Morgan fingerprint density at radius 2 is 1.84 bits per heavy atom. The van der Waals surface area contributed by atoms with Crippen molar-refractivity contribution in [3.8, 4) is 11.5 Å². The van der Waals surface area contributed by atoms with Gasteiger partial charge in [0.25, 0.3) is 0 Å². The highest BCUT2D eigenvalue weighted by Crippen LogP contribution is 2.32. The van der Waals surface area contributed by atoms with Gasteiger partial charge >= 0.3 is 5.97 Å². The van der Waals surface area contributed by atoms with Crippen molar-refractivity contribution in [1.82, 2.24) is 5.32 Å². The molecule has 7 nitrogen and oxygen atoms in total. The van der Waals surface area contributed by atoms with Crippen molar-refractivity contribution in [2.45, 2.75) is 58.0 Å². The number of rotatable bonds is 13. The van der Waals surface area contributed by atoms with Gasteiger partial charge in [-0.1, -0.05) is 30.3 Å². The van der Waals surface area contributed by atoms with Gasteiger partial charge in [-0.3, -0.25) is 0 Å². The normalized spacial score (nSPS) is 14.8. The summed E-state index contributed by atoms with van der Waals surface area (Å²) in [4.78, 5) is 11.1. The molecule has 3 aromatic carbocycles. The van der Waals surface area contributed by atoms with Gasteiger partial charge in [0.15, 0.2) is 0 Å². The van der Waals surface area contributed by atoms with Crippen LogP contribution in [0.5, 0.6) is 11.5 Å². The minimum absolute atomic E-state index is 0.329. The van der Waals surface area contributed by atoms with Crippen molar-refractivity contribution in [3.63, 3.8) is 0 Å². The molecule has 1 aliphatic heterocycles. The molecule has 0 amide bonds. The number of hydrogen-bond acceptors (Lipinski definition) is 6. The van der Waals surface area contributed by atoms with Crippen molar-refractivity contribution in [1.29, 1.82) is 0 Å². The van der Waals surface area contributed by atoms with Crippen LogP contribution in [0.25, 0.3) is 0 Å². The fourth-order valence-electron chi connectivity index (χ4n) is 4.39. The molecule has 1 heterocycles. The van der Waals surface area contributed by atoms with Crippen LogP contribution in [-0.2, 0) is 24.2 Å².